The van der Waals surface area contributed by atoms with Crippen molar-refractivity contribution in [2.24, 2.45) is 0 Å². The van der Waals surface area contributed by atoms with Gasteiger partial charge in [-0.2, -0.15) is 0 Å². The molecule has 1 saturated heterocycles. The van der Waals surface area contributed by atoms with Crippen molar-refractivity contribution in [3.63, 3.8) is 0 Å². The van der Waals surface area contributed by atoms with Crippen LogP contribution in [0.25, 0.3) is 0 Å². The van der Waals surface area contributed by atoms with E-state index in [4.69, 9.17) is 18.8 Å². The molecule has 0 radical (unpaired) electrons. The standard InChI is InChI=1S/C17H27BO4/c1-3-12-20-18(21-13-4-2)15-9-5-6-10-16(15)22-17-11-7-8-14-19-17/h5-6,9-10,17H,3-4,7-8,11-14H2,1-2H3. The minimum Gasteiger partial charge on any atom is -0.465 e. The third-order valence-electron chi connectivity index (χ3n) is 3.52. The normalized spacial score (nSPS) is 18.2. The average molecular weight is 306 g/mol. The smallest absolute Gasteiger partial charge is 0.465 e. The molecule has 0 amide bonds. The van der Waals surface area contributed by atoms with E-state index in [0.717, 1.165) is 49.9 Å². The summed E-state index contributed by atoms with van der Waals surface area (Å²) in [5.41, 5.74) is 0.943. The molecule has 0 spiro atoms. The number of benzene rings is 1. The second-order valence-corrected chi connectivity index (χ2v) is 5.53. The largest absolute Gasteiger partial charge is 0.497 e. The molecule has 4 nitrogen and oxygen atoms in total. The molecule has 0 N–H and O–H groups in total. The summed E-state index contributed by atoms with van der Waals surface area (Å²) in [4.78, 5) is 0. The summed E-state index contributed by atoms with van der Waals surface area (Å²) in [5, 5.41) is 0. The van der Waals surface area contributed by atoms with E-state index in [9.17, 15) is 0 Å². The summed E-state index contributed by atoms with van der Waals surface area (Å²) in [7, 11) is -0.375. The van der Waals surface area contributed by atoms with Crippen LogP contribution in [0.1, 0.15) is 46.0 Å². The quantitative estimate of drug-likeness (QED) is 0.657. The van der Waals surface area contributed by atoms with Crippen LogP contribution in [0.3, 0.4) is 0 Å². The van der Waals surface area contributed by atoms with Crippen LogP contribution in [0.2, 0.25) is 0 Å². The van der Waals surface area contributed by atoms with Crippen molar-refractivity contribution in [3.05, 3.63) is 24.3 Å². The first-order valence-electron chi connectivity index (χ1n) is 8.45. The highest BCUT2D eigenvalue weighted by Crippen LogP contribution is 2.18. The van der Waals surface area contributed by atoms with Gasteiger partial charge in [0.2, 0.25) is 0 Å². The maximum Gasteiger partial charge on any atom is 0.497 e. The van der Waals surface area contributed by atoms with Crippen LogP contribution in [-0.2, 0) is 14.0 Å². The van der Waals surface area contributed by atoms with Crippen LogP contribution in [0.5, 0.6) is 5.75 Å². The second-order valence-electron chi connectivity index (χ2n) is 5.53. The van der Waals surface area contributed by atoms with Gasteiger partial charge in [0, 0.05) is 25.1 Å². The lowest BCUT2D eigenvalue weighted by atomic mass is 9.78. The molecule has 2 rings (SSSR count). The van der Waals surface area contributed by atoms with Crippen molar-refractivity contribution in [2.75, 3.05) is 19.8 Å². The fourth-order valence-electron chi connectivity index (χ4n) is 2.41. The fraction of sp³-hybridized carbons (Fsp3) is 0.647. The minimum atomic E-state index is -0.375. The van der Waals surface area contributed by atoms with Gasteiger partial charge in [-0.25, -0.2) is 0 Å². The van der Waals surface area contributed by atoms with Crippen LogP contribution in [-0.4, -0.2) is 33.2 Å². The molecule has 1 unspecified atom stereocenters. The Morgan fingerprint density at radius 1 is 1.09 bits per heavy atom. The van der Waals surface area contributed by atoms with Crippen LogP contribution in [0.4, 0.5) is 0 Å². The zero-order valence-corrected chi connectivity index (χ0v) is 13.8. The molecule has 1 aliphatic heterocycles. The summed E-state index contributed by atoms with van der Waals surface area (Å²) in [6, 6.07) is 7.93. The Labute approximate surface area is 134 Å². The van der Waals surface area contributed by atoms with Crippen LogP contribution < -0.4 is 10.2 Å². The molecule has 0 saturated carbocycles. The van der Waals surface area contributed by atoms with Gasteiger partial charge >= 0.3 is 7.12 Å². The lowest BCUT2D eigenvalue weighted by Crippen LogP contribution is -2.39. The van der Waals surface area contributed by atoms with Gasteiger partial charge in [-0.1, -0.05) is 32.0 Å². The number of rotatable bonds is 9. The van der Waals surface area contributed by atoms with E-state index < -0.39 is 0 Å². The van der Waals surface area contributed by atoms with Crippen LogP contribution >= 0.6 is 0 Å². The van der Waals surface area contributed by atoms with Gasteiger partial charge in [-0.15, -0.1) is 0 Å². The van der Waals surface area contributed by atoms with Crippen molar-refractivity contribution < 1.29 is 18.8 Å². The van der Waals surface area contributed by atoms with Crippen LogP contribution in [0.15, 0.2) is 24.3 Å². The Balaban J connectivity index is 2.08. The molecule has 1 aromatic carbocycles. The van der Waals surface area contributed by atoms with Crippen LogP contribution in [0, 0.1) is 0 Å². The zero-order chi connectivity index (χ0) is 15.6. The zero-order valence-electron chi connectivity index (χ0n) is 13.8. The molecule has 1 aliphatic rings. The molecule has 1 fully saturated rings. The maximum absolute atomic E-state index is 6.05. The monoisotopic (exact) mass is 306 g/mol. The fourth-order valence-corrected chi connectivity index (χ4v) is 2.41. The molecule has 0 aliphatic carbocycles. The van der Waals surface area contributed by atoms with Crippen molar-refractivity contribution >= 4 is 12.6 Å². The number of para-hydroxylation sites is 1. The molecule has 1 heterocycles. The van der Waals surface area contributed by atoms with Crippen molar-refractivity contribution in [1.82, 2.24) is 0 Å². The molecular weight excluding hydrogens is 279 g/mol. The SMILES string of the molecule is CCCOB(OCCC)c1ccccc1OC1CCCCO1. The summed E-state index contributed by atoms with van der Waals surface area (Å²) in [5.74, 6) is 0.798. The topological polar surface area (TPSA) is 36.9 Å². The van der Waals surface area contributed by atoms with E-state index in [1.165, 1.54) is 0 Å². The van der Waals surface area contributed by atoms with Gasteiger partial charge in [-0.05, 0) is 31.7 Å². The predicted octanol–water partition coefficient (Wildman–Crippen LogP) is 3.14. The van der Waals surface area contributed by atoms with E-state index in [1.807, 2.05) is 24.3 Å². The van der Waals surface area contributed by atoms with E-state index in [0.29, 0.717) is 13.2 Å². The van der Waals surface area contributed by atoms with Crippen molar-refractivity contribution in [3.8, 4) is 5.75 Å². The maximum atomic E-state index is 6.05. The summed E-state index contributed by atoms with van der Waals surface area (Å²) in [6.45, 7) is 6.30. The molecule has 1 aromatic rings. The first-order chi connectivity index (χ1) is 10.8. The van der Waals surface area contributed by atoms with Gasteiger partial charge in [-0.3, -0.25) is 0 Å². The Hall–Kier alpha value is -1.04. The summed E-state index contributed by atoms with van der Waals surface area (Å²) >= 11 is 0. The van der Waals surface area contributed by atoms with Gasteiger partial charge in [0.15, 0.2) is 6.29 Å². The summed E-state index contributed by atoms with van der Waals surface area (Å²) in [6.07, 6.45) is 4.96. The molecule has 0 bridgehead atoms. The first-order valence-corrected chi connectivity index (χ1v) is 8.45. The highest BCUT2D eigenvalue weighted by molar-refractivity contribution is 6.62. The van der Waals surface area contributed by atoms with Gasteiger partial charge < -0.3 is 18.8 Å². The highest BCUT2D eigenvalue weighted by atomic mass is 16.7. The van der Waals surface area contributed by atoms with Crippen molar-refractivity contribution in [2.45, 2.75) is 52.2 Å². The van der Waals surface area contributed by atoms with Gasteiger partial charge in [0.25, 0.3) is 0 Å². The van der Waals surface area contributed by atoms with E-state index in [2.05, 4.69) is 13.8 Å². The molecule has 0 aromatic heterocycles. The predicted molar refractivity (Wildman–Crippen MR) is 88.5 cm³/mol. The van der Waals surface area contributed by atoms with E-state index in [1.54, 1.807) is 0 Å². The average Bonchev–Trinajstić information content (AvgIpc) is 2.57. The Morgan fingerprint density at radius 3 is 2.45 bits per heavy atom. The van der Waals surface area contributed by atoms with E-state index >= 15 is 0 Å². The van der Waals surface area contributed by atoms with Gasteiger partial charge in [0.1, 0.15) is 5.75 Å². The third-order valence-corrected chi connectivity index (χ3v) is 3.52. The van der Waals surface area contributed by atoms with Crippen molar-refractivity contribution in [1.29, 1.82) is 0 Å². The highest BCUT2D eigenvalue weighted by Gasteiger charge is 2.26. The minimum absolute atomic E-state index is 0.159. The number of ether oxygens (including phenoxy) is 2. The molecule has 1 atom stereocenters. The van der Waals surface area contributed by atoms with Gasteiger partial charge in [0.05, 0.1) is 6.61 Å². The lowest BCUT2D eigenvalue weighted by Gasteiger charge is -2.25. The Kier molecular flexibility index (Phi) is 7.78. The molecular formula is C17H27BO4. The third kappa shape index (κ3) is 5.31. The summed E-state index contributed by atoms with van der Waals surface area (Å²) < 4.78 is 23.5. The molecule has 5 heteroatoms. The number of hydrogen-bond donors (Lipinski definition) is 0. The second kappa shape index (κ2) is 9.88. The Bertz CT molecular complexity index is 413. The molecule has 22 heavy (non-hydrogen) atoms. The Morgan fingerprint density at radius 2 is 1.82 bits per heavy atom. The molecule has 122 valence electrons. The lowest BCUT2D eigenvalue weighted by molar-refractivity contribution is -0.105. The first kappa shape index (κ1) is 17.3. The number of hydrogen-bond acceptors (Lipinski definition) is 4. The van der Waals surface area contributed by atoms with E-state index in [-0.39, 0.29) is 13.4 Å².